The molecule has 2 unspecified atom stereocenters. The Hall–Kier alpha value is -1.10. The van der Waals surface area contributed by atoms with Crippen molar-refractivity contribution in [3.8, 4) is 0 Å². The molecule has 5 nitrogen and oxygen atoms in total. The molecule has 0 saturated carbocycles. The SMILES string of the molecule is O=C1CC[C@H](C(=O)N2CCC3CCC(C2)N3)N1. The lowest BCUT2D eigenvalue weighted by Crippen LogP contribution is -2.47. The lowest BCUT2D eigenvalue weighted by Gasteiger charge is -2.26. The molecule has 0 aromatic carbocycles. The zero-order valence-electron chi connectivity index (χ0n) is 9.95. The third-order valence-corrected chi connectivity index (χ3v) is 4.13. The van der Waals surface area contributed by atoms with E-state index < -0.39 is 0 Å². The second-order valence-corrected chi connectivity index (χ2v) is 5.37. The van der Waals surface area contributed by atoms with E-state index in [4.69, 9.17) is 0 Å². The van der Waals surface area contributed by atoms with E-state index in [-0.39, 0.29) is 17.9 Å². The van der Waals surface area contributed by atoms with E-state index in [0.717, 1.165) is 19.5 Å². The molecule has 3 rings (SSSR count). The molecule has 3 atom stereocenters. The Morgan fingerprint density at radius 1 is 1.18 bits per heavy atom. The maximum atomic E-state index is 12.3. The molecule has 3 fully saturated rings. The molecule has 0 radical (unpaired) electrons. The van der Waals surface area contributed by atoms with Gasteiger partial charge in [-0.3, -0.25) is 9.59 Å². The Balaban J connectivity index is 1.63. The fraction of sp³-hybridized carbons (Fsp3) is 0.833. The van der Waals surface area contributed by atoms with Gasteiger partial charge in [0.1, 0.15) is 6.04 Å². The van der Waals surface area contributed by atoms with E-state index in [9.17, 15) is 9.59 Å². The first kappa shape index (κ1) is 11.0. The molecule has 3 aliphatic heterocycles. The van der Waals surface area contributed by atoms with Crippen molar-refractivity contribution >= 4 is 11.8 Å². The van der Waals surface area contributed by atoms with Gasteiger partial charge in [-0.1, -0.05) is 0 Å². The predicted molar refractivity (Wildman–Crippen MR) is 62.3 cm³/mol. The minimum atomic E-state index is -0.265. The second kappa shape index (κ2) is 4.29. The average Bonchev–Trinajstić information content (AvgIpc) is 2.84. The van der Waals surface area contributed by atoms with Crippen LogP contribution in [0.2, 0.25) is 0 Å². The molecule has 0 aliphatic carbocycles. The molecule has 2 bridgehead atoms. The molecule has 0 spiro atoms. The van der Waals surface area contributed by atoms with E-state index in [1.165, 1.54) is 12.8 Å². The summed E-state index contributed by atoms with van der Waals surface area (Å²) < 4.78 is 0. The monoisotopic (exact) mass is 237 g/mol. The summed E-state index contributed by atoms with van der Waals surface area (Å²) >= 11 is 0. The zero-order chi connectivity index (χ0) is 11.8. The molecule has 2 amide bonds. The van der Waals surface area contributed by atoms with Crippen LogP contribution in [-0.4, -0.2) is 47.9 Å². The van der Waals surface area contributed by atoms with Gasteiger partial charge < -0.3 is 15.5 Å². The van der Waals surface area contributed by atoms with Crippen molar-refractivity contribution in [2.75, 3.05) is 13.1 Å². The van der Waals surface area contributed by atoms with Gasteiger partial charge in [-0.15, -0.1) is 0 Å². The summed E-state index contributed by atoms with van der Waals surface area (Å²) in [6.07, 6.45) is 4.62. The largest absolute Gasteiger partial charge is 0.344 e. The van der Waals surface area contributed by atoms with Crippen LogP contribution in [0.25, 0.3) is 0 Å². The molecule has 3 aliphatic rings. The second-order valence-electron chi connectivity index (χ2n) is 5.37. The highest BCUT2D eigenvalue weighted by molar-refractivity contribution is 5.90. The molecular formula is C12H19N3O2. The number of hydrogen-bond acceptors (Lipinski definition) is 3. The van der Waals surface area contributed by atoms with Gasteiger partial charge >= 0.3 is 0 Å². The highest BCUT2D eigenvalue weighted by Crippen LogP contribution is 2.21. The summed E-state index contributed by atoms with van der Waals surface area (Å²) in [6.45, 7) is 1.64. The van der Waals surface area contributed by atoms with Crippen LogP contribution in [0, 0.1) is 0 Å². The highest BCUT2D eigenvalue weighted by Gasteiger charge is 2.35. The van der Waals surface area contributed by atoms with Gasteiger partial charge in [0, 0.05) is 31.6 Å². The summed E-state index contributed by atoms with van der Waals surface area (Å²) in [5.41, 5.74) is 0. The van der Waals surface area contributed by atoms with E-state index >= 15 is 0 Å². The number of amides is 2. The summed E-state index contributed by atoms with van der Waals surface area (Å²) in [5.74, 6) is 0.128. The number of nitrogens with one attached hydrogen (secondary N) is 2. The third kappa shape index (κ3) is 2.16. The van der Waals surface area contributed by atoms with E-state index in [1.54, 1.807) is 0 Å². The Bertz CT molecular complexity index is 345. The van der Waals surface area contributed by atoms with Crippen LogP contribution in [-0.2, 0) is 9.59 Å². The lowest BCUT2D eigenvalue weighted by atomic mass is 10.1. The number of nitrogens with zero attached hydrogens (tertiary/aromatic N) is 1. The molecule has 5 heteroatoms. The van der Waals surface area contributed by atoms with Crippen LogP contribution in [0.4, 0.5) is 0 Å². The van der Waals surface area contributed by atoms with Crippen molar-refractivity contribution in [2.45, 2.75) is 50.2 Å². The topological polar surface area (TPSA) is 61.4 Å². The van der Waals surface area contributed by atoms with Crippen molar-refractivity contribution in [3.63, 3.8) is 0 Å². The number of fused-ring (bicyclic) bond motifs is 2. The van der Waals surface area contributed by atoms with Crippen LogP contribution in [0.5, 0.6) is 0 Å². The van der Waals surface area contributed by atoms with Crippen LogP contribution >= 0.6 is 0 Å². The maximum Gasteiger partial charge on any atom is 0.245 e. The van der Waals surface area contributed by atoms with E-state index in [2.05, 4.69) is 10.6 Å². The van der Waals surface area contributed by atoms with Crippen molar-refractivity contribution in [3.05, 3.63) is 0 Å². The molecule has 0 aromatic heterocycles. The number of hydrogen-bond donors (Lipinski definition) is 2. The van der Waals surface area contributed by atoms with Gasteiger partial charge in [-0.05, 0) is 25.7 Å². The standard InChI is InChI=1S/C12H19N3O2/c16-11-4-3-10(14-11)12(17)15-6-5-8-1-2-9(7-15)13-8/h8-10,13H,1-7H2,(H,14,16)/t8?,9?,10-/m1/s1. The van der Waals surface area contributed by atoms with Crippen molar-refractivity contribution in [2.24, 2.45) is 0 Å². The van der Waals surface area contributed by atoms with Gasteiger partial charge in [0.15, 0.2) is 0 Å². The molecule has 2 N–H and O–H groups in total. The Morgan fingerprint density at radius 3 is 2.76 bits per heavy atom. The predicted octanol–water partition coefficient (Wildman–Crippen LogP) is -0.382. The molecule has 94 valence electrons. The van der Waals surface area contributed by atoms with Gasteiger partial charge in [-0.25, -0.2) is 0 Å². The first-order chi connectivity index (χ1) is 8.22. The van der Waals surface area contributed by atoms with Gasteiger partial charge in [0.2, 0.25) is 11.8 Å². The number of rotatable bonds is 1. The zero-order valence-corrected chi connectivity index (χ0v) is 9.95. The Labute approximate surface area is 101 Å². The van der Waals surface area contributed by atoms with Gasteiger partial charge in [0.25, 0.3) is 0 Å². The van der Waals surface area contributed by atoms with Crippen molar-refractivity contribution in [1.82, 2.24) is 15.5 Å². The van der Waals surface area contributed by atoms with Crippen LogP contribution in [0.1, 0.15) is 32.1 Å². The molecular weight excluding hydrogens is 218 g/mol. The van der Waals surface area contributed by atoms with Crippen LogP contribution < -0.4 is 10.6 Å². The maximum absolute atomic E-state index is 12.3. The smallest absolute Gasteiger partial charge is 0.245 e. The van der Waals surface area contributed by atoms with Crippen LogP contribution in [0.3, 0.4) is 0 Å². The Kier molecular flexibility index (Phi) is 2.78. The van der Waals surface area contributed by atoms with E-state index in [0.29, 0.717) is 24.9 Å². The quantitative estimate of drug-likeness (QED) is 0.653. The summed E-state index contributed by atoms with van der Waals surface area (Å²) in [5, 5.41) is 6.32. The highest BCUT2D eigenvalue weighted by atomic mass is 16.2. The fourth-order valence-corrected chi connectivity index (χ4v) is 3.16. The summed E-state index contributed by atoms with van der Waals surface area (Å²) in [4.78, 5) is 25.3. The van der Waals surface area contributed by atoms with E-state index in [1.807, 2.05) is 4.90 Å². The molecule has 3 saturated heterocycles. The lowest BCUT2D eigenvalue weighted by molar-refractivity contribution is -0.134. The number of likely N-dealkylation sites (tertiary alicyclic amines) is 1. The minimum absolute atomic E-state index is 0.0119. The van der Waals surface area contributed by atoms with Crippen molar-refractivity contribution in [1.29, 1.82) is 0 Å². The molecule has 0 aromatic rings. The third-order valence-electron chi connectivity index (χ3n) is 4.13. The molecule has 3 heterocycles. The summed E-state index contributed by atoms with van der Waals surface area (Å²) in [7, 11) is 0. The molecule has 17 heavy (non-hydrogen) atoms. The van der Waals surface area contributed by atoms with Gasteiger partial charge in [0.05, 0.1) is 0 Å². The van der Waals surface area contributed by atoms with Crippen molar-refractivity contribution < 1.29 is 9.59 Å². The average molecular weight is 237 g/mol. The Morgan fingerprint density at radius 2 is 2.00 bits per heavy atom. The van der Waals surface area contributed by atoms with Crippen LogP contribution in [0.15, 0.2) is 0 Å². The summed E-state index contributed by atoms with van der Waals surface area (Å²) in [6, 6.07) is 0.790. The minimum Gasteiger partial charge on any atom is -0.344 e. The van der Waals surface area contributed by atoms with Gasteiger partial charge in [-0.2, -0.15) is 0 Å². The number of carbonyl (C=O) groups excluding carboxylic acids is 2. The first-order valence-electron chi connectivity index (χ1n) is 6.56. The first-order valence-corrected chi connectivity index (χ1v) is 6.56. The fourth-order valence-electron chi connectivity index (χ4n) is 3.16. The number of carbonyl (C=O) groups is 2. The normalized spacial score (nSPS) is 36.8.